The standard InChI is InChI=1S/C28H19FN4O/c29-19-14-15-24-21(16-19)28(27(34)32(24)17-18-8-2-1-3-9-18)31-22-11-5-4-10-20(22)26-30-23-12-6-7-13-25(23)33(26)28/h1-16,31H,17H2. The van der Waals surface area contributed by atoms with Crippen molar-refractivity contribution in [2.75, 3.05) is 10.2 Å². The number of carbonyl (C=O) groups is 1. The van der Waals surface area contributed by atoms with Crippen LogP contribution in [0, 0.1) is 5.82 Å². The van der Waals surface area contributed by atoms with Gasteiger partial charge in [0.25, 0.3) is 5.91 Å². The molecule has 0 bridgehead atoms. The van der Waals surface area contributed by atoms with Crippen molar-refractivity contribution in [1.82, 2.24) is 9.55 Å². The van der Waals surface area contributed by atoms with Gasteiger partial charge in [0.2, 0.25) is 5.66 Å². The topological polar surface area (TPSA) is 50.2 Å². The van der Waals surface area contributed by atoms with Crippen LogP contribution in [0.15, 0.2) is 97.1 Å². The van der Waals surface area contributed by atoms with Crippen LogP contribution in [-0.2, 0) is 17.0 Å². The van der Waals surface area contributed by atoms with Crippen LogP contribution in [0.1, 0.15) is 11.1 Å². The lowest BCUT2D eigenvalue weighted by atomic mass is 9.95. The number of carbonyl (C=O) groups excluding carboxylic acids is 1. The fourth-order valence-corrected chi connectivity index (χ4v) is 5.30. The van der Waals surface area contributed by atoms with E-state index in [4.69, 9.17) is 4.98 Å². The van der Waals surface area contributed by atoms with Gasteiger partial charge in [-0.05, 0) is 48.0 Å². The number of fused-ring (bicyclic) bond motifs is 8. The number of nitrogens with one attached hydrogen (secondary N) is 1. The van der Waals surface area contributed by atoms with Crippen LogP contribution < -0.4 is 10.2 Å². The molecule has 0 aliphatic carbocycles. The van der Waals surface area contributed by atoms with Crippen LogP contribution in [0.4, 0.5) is 15.8 Å². The molecule has 0 saturated heterocycles. The zero-order valence-corrected chi connectivity index (χ0v) is 18.1. The summed E-state index contributed by atoms with van der Waals surface area (Å²) in [7, 11) is 0. The largest absolute Gasteiger partial charge is 0.350 e. The number of rotatable bonds is 2. The molecule has 4 aromatic carbocycles. The number of benzene rings is 4. The lowest BCUT2D eigenvalue weighted by Gasteiger charge is -2.38. The van der Waals surface area contributed by atoms with Crippen LogP contribution in [0.3, 0.4) is 0 Å². The van der Waals surface area contributed by atoms with Crippen molar-refractivity contribution in [3.63, 3.8) is 0 Å². The van der Waals surface area contributed by atoms with Gasteiger partial charge >= 0.3 is 0 Å². The molecular weight excluding hydrogens is 427 g/mol. The number of anilines is 2. The Morgan fingerprint density at radius 1 is 0.882 bits per heavy atom. The third kappa shape index (κ3) is 2.42. The molecule has 1 atom stereocenters. The third-order valence-corrected chi connectivity index (χ3v) is 6.76. The van der Waals surface area contributed by atoms with Crippen molar-refractivity contribution in [2.45, 2.75) is 12.2 Å². The highest BCUT2D eigenvalue weighted by Crippen LogP contribution is 2.51. The first-order valence-corrected chi connectivity index (χ1v) is 11.2. The van der Waals surface area contributed by atoms with Crippen molar-refractivity contribution in [3.05, 3.63) is 114 Å². The summed E-state index contributed by atoms with van der Waals surface area (Å²) in [6.45, 7) is 0.380. The number of halogens is 1. The second kappa shape index (κ2) is 6.78. The average Bonchev–Trinajstić information content (AvgIpc) is 3.36. The van der Waals surface area contributed by atoms with Gasteiger partial charge in [-0.25, -0.2) is 9.37 Å². The Morgan fingerprint density at radius 2 is 1.65 bits per heavy atom. The fourth-order valence-electron chi connectivity index (χ4n) is 5.30. The van der Waals surface area contributed by atoms with E-state index in [1.165, 1.54) is 12.1 Å². The summed E-state index contributed by atoms with van der Waals surface area (Å²) in [4.78, 5) is 21.1. The fraction of sp³-hybridized carbons (Fsp3) is 0.0714. The van der Waals surface area contributed by atoms with Gasteiger partial charge in [0.15, 0.2) is 0 Å². The monoisotopic (exact) mass is 446 g/mol. The Hall–Kier alpha value is -4.45. The Bertz CT molecular complexity index is 1610. The van der Waals surface area contributed by atoms with Gasteiger partial charge in [0, 0.05) is 16.8 Å². The first-order valence-electron chi connectivity index (χ1n) is 11.2. The molecule has 0 radical (unpaired) electrons. The van der Waals surface area contributed by atoms with E-state index in [1.54, 1.807) is 11.0 Å². The van der Waals surface area contributed by atoms with Gasteiger partial charge < -0.3 is 10.2 Å². The molecule has 5 aromatic rings. The normalized spacial score (nSPS) is 18.0. The van der Waals surface area contributed by atoms with E-state index in [9.17, 15) is 9.18 Å². The Labute approximate surface area is 195 Å². The molecule has 5 nitrogen and oxygen atoms in total. The van der Waals surface area contributed by atoms with Gasteiger partial charge in [-0.3, -0.25) is 9.36 Å². The summed E-state index contributed by atoms with van der Waals surface area (Å²) in [5.74, 6) is 0.121. The maximum atomic E-state index is 14.7. The second-order valence-corrected chi connectivity index (χ2v) is 8.68. The zero-order chi connectivity index (χ0) is 22.9. The smallest absolute Gasteiger partial charge is 0.279 e. The number of hydrogen-bond acceptors (Lipinski definition) is 3. The molecular formula is C28H19FN4O. The number of amides is 1. The van der Waals surface area contributed by atoms with Gasteiger partial charge in [-0.15, -0.1) is 0 Å². The van der Waals surface area contributed by atoms with E-state index >= 15 is 0 Å². The number of aromatic nitrogens is 2. The van der Waals surface area contributed by atoms with E-state index < -0.39 is 5.66 Å². The Morgan fingerprint density at radius 3 is 2.53 bits per heavy atom. The Balaban J connectivity index is 1.55. The quantitative estimate of drug-likeness (QED) is 0.389. The van der Waals surface area contributed by atoms with Crippen LogP contribution in [0.25, 0.3) is 22.4 Å². The predicted octanol–water partition coefficient (Wildman–Crippen LogP) is 5.52. The second-order valence-electron chi connectivity index (χ2n) is 8.68. The van der Waals surface area contributed by atoms with E-state index in [-0.39, 0.29) is 11.7 Å². The summed E-state index contributed by atoms with van der Waals surface area (Å²) in [6.07, 6.45) is 0. The summed E-state index contributed by atoms with van der Waals surface area (Å²) < 4.78 is 16.7. The van der Waals surface area contributed by atoms with E-state index in [0.717, 1.165) is 27.8 Å². The number of para-hydroxylation sites is 3. The summed E-state index contributed by atoms with van der Waals surface area (Å²) in [5, 5.41) is 3.52. The minimum Gasteiger partial charge on any atom is -0.350 e. The molecule has 1 unspecified atom stereocenters. The van der Waals surface area contributed by atoms with Crippen molar-refractivity contribution < 1.29 is 9.18 Å². The van der Waals surface area contributed by atoms with Gasteiger partial charge in [0.05, 0.1) is 23.3 Å². The molecule has 1 spiro atoms. The van der Waals surface area contributed by atoms with E-state index in [2.05, 4.69) is 5.32 Å². The summed E-state index contributed by atoms with van der Waals surface area (Å²) in [6, 6.07) is 30.0. The lowest BCUT2D eigenvalue weighted by molar-refractivity contribution is -0.123. The van der Waals surface area contributed by atoms with Crippen LogP contribution in [0.2, 0.25) is 0 Å². The van der Waals surface area contributed by atoms with Crippen LogP contribution in [-0.4, -0.2) is 15.5 Å². The van der Waals surface area contributed by atoms with Gasteiger partial charge in [-0.1, -0.05) is 54.6 Å². The van der Waals surface area contributed by atoms with Crippen LogP contribution in [0.5, 0.6) is 0 Å². The summed E-state index contributed by atoms with van der Waals surface area (Å²) >= 11 is 0. The molecule has 34 heavy (non-hydrogen) atoms. The van der Waals surface area contributed by atoms with E-state index in [1.807, 2.05) is 83.4 Å². The van der Waals surface area contributed by atoms with Crippen molar-refractivity contribution >= 4 is 28.3 Å². The van der Waals surface area contributed by atoms with Crippen molar-refractivity contribution in [1.29, 1.82) is 0 Å². The predicted molar refractivity (Wildman–Crippen MR) is 130 cm³/mol. The maximum absolute atomic E-state index is 14.7. The molecule has 0 fully saturated rings. The molecule has 164 valence electrons. The highest BCUT2D eigenvalue weighted by Gasteiger charge is 2.56. The molecule has 2 aliphatic rings. The highest BCUT2D eigenvalue weighted by atomic mass is 19.1. The SMILES string of the molecule is O=C1N(Cc2ccccc2)c2ccc(F)cc2C12Nc1ccccc1-c1nc3ccccc3n12. The minimum atomic E-state index is -1.36. The summed E-state index contributed by atoms with van der Waals surface area (Å²) in [5.41, 5.74) is 4.18. The number of nitrogens with zero attached hydrogens (tertiary/aromatic N) is 3. The molecule has 6 heteroatoms. The minimum absolute atomic E-state index is 0.171. The van der Waals surface area contributed by atoms with Gasteiger partial charge in [-0.2, -0.15) is 0 Å². The number of imidazole rings is 1. The molecule has 1 amide bonds. The first kappa shape index (κ1) is 19.1. The average molecular weight is 446 g/mol. The first-order chi connectivity index (χ1) is 16.7. The van der Waals surface area contributed by atoms with Gasteiger partial charge in [0.1, 0.15) is 11.6 Å². The van der Waals surface area contributed by atoms with E-state index in [0.29, 0.717) is 23.6 Å². The molecule has 1 N–H and O–H groups in total. The number of hydrogen-bond donors (Lipinski definition) is 1. The molecule has 3 heterocycles. The molecule has 7 rings (SSSR count). The zero-order valence-electron chi connectivity index (χ0n) is 18.1. The van der Waals surface area contributed by atoms with Crippen LogP contribution >= 0.6 is 0 Å². The maximum Gasteiger partial charge on any atom is 0.279 e. The molecule has 1 aromatic heterocycles. The third-order valence-electron chi connectivity index (χ3n) is 6.76. The van der Waals surface area contributed by atoms with Crippen molar-refractivity contribution in [3.8, 4) is 11.4 Å². The van der Waals surface area contributed by atoms with Crippen molar-refractivity contribution in [2.24, 2.45) is 0 Å². The Kier molecular flexibility index (Phi) is 3.80. The molecule has 2 aliphatic heterocycles. The lowest BCUT2D eigenvalue weighted by Crippen LogP contribution is -2.53. The highest BCUT2D eigenvalue weighted by molar-refractivity contribution is 6.12. The molecule has 0 saturated carbocycles.